The molecule has 0 unspecified atom stereocenters. The molecule has 0 saturated carbocycles. The molecule has 0 radical (unpaired) electrons. The number of unbranched alkanes of at least 4 members (excludes halogenated alkanes) is 1. The fourth-order valence-electron chi connectivity index (χ4n) is 1.72. The Hall–Kier alpha value is -1.24. The third kappa shape index (κ3) is 6.15. The molecular weight excluding hydrogens is 208 g/mol. The molecule has 0 amide bonds. The van der Waals surface area contributed by atoms with Crippen molar-refractivity contribution in [3.63, 3.8) is 0 Å². The molecule has 1 heteroatoms. The Morgan fingerprint density at radius 3 is 2.59 bits per heavy atom. The zero-order valence-corrected chi connectivity index (χ0v) is 11.1. The molecule has 0 N–H and O–H groups in total. The van der Waals surface area contributed by atoms with Crippen molar-refractivity contribution in [1.29, 1.82) is 0 Å². The van der Waals surface area contributed by atoms with Gasteiger partial charge in [0.1, 0.15) is 0 Å². The molecule has 0 aliphatic rings. The predicted octanol–water partition coefficient (Wildman–Crippen LogP) is 4.73. The van der Waals surface area contributed by atoms with E-state index in [4.69, 9.17) is 4.74 Å². The average molecular weight is 232 g/mol. The first-order valence-corrected chi connectivity index (χ1v) is 6.70. The second kappa shape index (κ2) is 8.86. The zero-order chi connectivity index (χ0) is 12.3. The van der Waals surface area contributed by atoms with Crippen LogP contribution in [0.1, 0.15) is 45.1 Å². The minimum atomic E-state index is 0.777. The van der Waals surface area contributed by atoms with E-state index in [0.717, 1.165) is 19.4 Å². The third-order valence-corrected chi connectivity index (χ3v) is 2.91. The van der Waals surface area contributed by atoms with E-state index in [1.165, 1.54) is 30.4 Å². The lowest BCUT2D eigenvalue weighted by Gasteiger charge is -2.06. The van der Waals surface area contributed by atoms with Gasteiger partial charge in [0.25, 0.3) is 0 Å². The molecule has 0 heterocycles. The molecule has 0 aromatic heterocycles. The van der Waals surface area contributed by atoms with Gasteiger partial charge in [-0.2, -0.15) is 0 Å². The molecule has 1 nitrogen and oxygen atoms in total. The minimum absolute atomic E-state index is 0.777. The highest BCUT2D eigenvalue weighted by Gasteiger charge is 1.95. The van der Waals surface area contributed by atoms with Gasteiger partial charge in [-0.25, -0.2) is 0 Å². The number of hydrogen-bond acceptors (Lipinski definition) is 1. The van der Waals surface area contributed by atoms with E-state index in [-0.39, 0.29) is 0 Å². The van der Waals surface area contributed by atoms with Crippen molar-refractivity contribution in [2.24, 2.45) is 0 Å². The first-order chi connectivity index (χ1) is 8.36. The molecule has 1 aromatic carbocycles. The summed E-state index contributed by atoms with van der Waals surface area (Å²) in [6.07, 6.45) is 7.76. The summed E-state index contributed by atoms with van der Waals surface area (Å²) in [5.41, 5.74) is 2.77. The average Bonchev–Trinajstić information content (AvgIpc) is 2.39. The normalized spacial score (nSPS) is 11.5. The molecular formula is C16H24O. The molecule has 0 aliphatic carbocycles. The topological polar surface area (TPSA) is 9.23 Å². The Balaban J connectivity index is 2.23. The summed E-state index contributed by atoms with van der Waals surface area (Å²) in [6.45, 7) is 5.20. The maximum Gasteiger partial charge on any atom is 0.0913 e. The summed E-state index contributed by atoms with van der Waals surface area (Å²) in [5.74, 6) is 0. The molecule has 0 fully saturated rings. The van der Waals surface area contributed by atoms with E-state index in [0.29, 0.717) is 0 Å². The molecule has 0 saturated heterocycles. The van der Waals surface area contributed by atoms with Crippen LogP contribution >= 0.6 is 0 Å². The Labute approximate surface area is 106 Å². The molecule has 1 rings (SSSR count). The molecule has 0 spiro atoms. The van der Waals surface area contributed by atoms with Gasteiger partial charge in [0.05, 0.1) is 12.9 Å². The third-order valence-electron chi connectivity index (χ3n) is 2.91. The van der Waals surface area contributed by atoms with Crippen molar-refractivity contribution < 1.29 is 4.74 Å². The number of rotatable bonds is 8. The van der Waals surface area contributed by atoms with Crippen molar-refractivity contribution >= 4 is 0 Å². The lowest BCUT2D eigenvalue weighted by molar-refractivity contribution is 0.249. The maximum absolute atomic E-state index is 5.63. The molecule has 17 heavy (non-hydrogen) atoms. The highest BCUT2D eigenvalue weighted by Crippen LogP contribution is 2.11. The first-order valence-electron chi connectivity index (χ1n) is 6.70. The number of benzene rings is 1. The van der Waals surface area contributed by atoms with Crippen LogP contribution in [0.3, 0.4) is 0 Å². The van der Waals surface area contributed by atoms with Crippen LogP contribution in [0.5, 0.6) is 0 Å². The molecule has 1 aromatic rings. The quantitative estimate of drug-likeness (QED) is 0.465. The summed E-state index contributed by atoms with van der Waals surface area (Å²) < 4.78 is 5.63. The van der Waals surface area contributed by atoms with Gasteiger partial charge in [0.2, 0.25) is 0 Å². The van der Waals surface area contributed by atoms with E-state index in [1.54, 1.807) is 0 Å². The number of ether oxygens (including phenoxy) is 1. The first kappa shape index (κ1) is 13.8. The van der Waals surface area contributed by atoms with Gasteiger partial charge in [0.15, 0.2) is 0 Å². The monoisotopic (exact) mass is 232 g/mol. The summed E-state index contributed by atoms with van der Waals surface area (Å²) in [7, 11) is 0. The van der Waals surface area contributed by atoms with Crippen LogP contribution in [0.4, 0.5) is 0 Å². The van der Waals surface area contributed by atoms with Gasteiger partial charge < -0.3 is 4.74 Å². The minimum Gasteiger partial charge on any atom is -0.501 e. The van der Waals surface area contributed by atoms with Gasteiger partial charge in [-0.05, 0) is 30.4 Å². The molecule has 0 atom stereocenters. The summed E-state index contributed by atoms with van der Waals surface area (Å²) in [6, 6.07) is 10.5. The summed E-state index contributed by atoms with van der Waals surface area (Å²) in [4.78, 5) is 0. The molecule has 0 bridgehead atoms. The lowest BCUT2D eigenvalue weighted by Crippen LogP contribution is -1.94. The highest BCUT2D eigenvalue weighted by molar-refractivity contribution is 5.14. The van der Waals surface area contributed by atoms with E-state index in [1.807, 2.05) is 12.3 Å². The summed E-state index contributed by atoms with van der Waals surface area (Å²) >= 11 is 0. The van der Waals surface area contributed by atoms with Gasteiger partial charge in [-0.3, -0.25) is 0 Å². The van der Waals surface area contributed by atoms with Crippen LogP contribution in [0.2, 0.25) is 0 Å². The van der Waals surface area contributed by atoms with Crippen LogP contribution in [-0.4, -0.2) is 6.61 Å². The Morgan fingerprint density at radius 1 is 1.18 bits per heavy atom. The zero-order valence-electron chi connectivity index (χ0n) is 11.1. The van der Waals surface area contributed by atoms with Crippen molar-refractivity contribution in [3.05, 3.63) is 47.7 Å². The SMILES string of the molecule is CCCCC(=COCCc1ccccc1)CC. The maximum atomic E-state index is 5.63. The van der Waals surface area contributed by atoms with E-state index >= 15 is 0 Å². The van der Waals surface area contributed by atoms with Crippen molar-refractivity contribution in [3.8, 4) is 0 Å². The largest absolute Gasteiger partial charge is 0.501 e. The van der Waals surface area contributed by atoms with Crippen LogP contribution in [-0.2, 0) is 11.2 Å². The Kier molecular flexibility index (Phi) is 7.20. The number of hydrogen-bond donors (Lipinski definition) is 0. The van der Waals surface area contributed by atoms with Gasteiger partial charge in [0, 0.05) is 6.42 Å². The highest BCUT2D eigenvalue weighted by atomic mass is 16.5. The van der Waals surface area contributed by atoms with Crippen LogP contribution < -0.4 is 0 Å². The fraction of sp³-hybridized carbons (Fsp3) is 0.500. The Bertz CT molecular complexity index is 314. The van der Waals surface area contributed by atoms with E-state index in [2.05, 4.69) is 38.1 Å². The van der Waals surface area contributed by atoms with Crippen molar-refractivity contribution in [1.82, 2.24) is 0 Å². The molecule has 94 valence electrons. The molecule has 0 aliphatic heterocycles. The van der Waals surface area contributed by atoms with E-state index < -0.39 is 0 Å². The fourth-order valence-corrected chi connectivity index (χ4v) is 1.72. The second-order valence-electron chi connectivity index (χ2n) is 4.34. The predicted molar refractivity (Wildman–Crippen MR) is 74.0 cm³/mol. The van der Waals surface area contributed by atoms with Gasteiger partial charge in [-0.15, -0.1) is 0 Å². The van der Waals surface area contributed by atoms with Crippen LogP contribution in [0, 0.1) is 0 Å². The standard InChI is InChI=1S/C16H24O/c1-3-5-9-15(4-2)14-17-13-12-16-10-7-6-8-11-16/h6-8,10-11,14H,3-5,9,12-13H2,1-2H3. The van der Waals surface area contributed by atoms with Gasteiger partial charge >= 0.3 is 0 Å². The Morgan fingerprint density at radius 2 is 1.94 bits per heavy atom. The smallest absolute Gasteiger partial charge is 0.0913 e. The van der Waals surface area contributed by atoms with E-state index in [9.17, 15) is 0 Å². The van der Waals surface area contributed by atoms with Crippen LogP contribution in [0.25, 0.3) is 0 Å². The second-order valence-corrected chi connectivity index (χ2v) is 4.34. The van der Waals surface area contributed by atoms with Crippen molar-refractivity contribution in [2.75, 3.05) is 6.61 Å². The summed E-state index contributed by atoms with van der Waals surface area (Å²) in [5, 5.41) is 0. The lowest BCUT2D eigenvalue weighted by atomic mass is 10.1. The number of allylic oxidation sites excluding steroid dienone is 1. The van der Waals surface area contributed by atoms with Crippen LogP contribution in [0.15, 0.2) is 42.2 Å². The van der Waals surface area contributed by atoms with Crippen molar-refractivity contribution in [2.45, 2.75) is 46.0 Å². The van der Waals surface area contributed by atoms with Gasteiger partial charge in [-0.1, -0.05) is 50.6 Å².